The molecular weight excluding hydrogens is 421 g/mol. The molecule has 9 heteroatoms. The summed E-state index contributed by atoms with van der Waals surface area (Å²) in [5, 5.41) is 0.188. The zero-order valence-electron chi connectivity index (χ0n) is 17.5. The molecule has 1 aromatic carbocycles. The Hall–Kier alpha value is -2.61. The zero-order chi connectivity index (χ0) is 21.7. The van der Waals surface area contributed by atoms with E-state index in [0.717, 1.165) is 36.3 Å². The van der Waals surface area contributed by atoms with Crippen LogP contribution in [0.15, 0.2) is 27.8 Å². The van der Waals surface area contributed by atoms with Gasteiger partial charge in [0, 0.05) is 36.8 Å². The maximum Gasteiger partial charge on any atom is 0.332 e. The van der Waals surface area contributed by atoms with Gasteiger partial charge < -0.3 is 9.47 Å². The smallest absolute Gasteiger partial charge is 0.332 e. The number of hydrogen-bond donors (Lipinski definition) is 0. The van der Waals surface area contributed by atoms with Crippen molar-refractivity contribution in [1.82, 2.24) is 18.7 Å². The molecule has 0 spiro atoms. The summed E-state index contributed by atoms with van der Waals surface area (Å²) in [6.45, 7) is 1.35. The Morgan fingerprint density at radius 2 is 1.90 bits per heavy atom. The molecule has 0 unspecified atom stereocenters. The molecule has 2 aromatic heterocycles. The number of nitrogens with zero attached hydrogens (tertiary/aromatic N) is 5. The lowest BCUT2D eigenvalue weighted by atomic mass is 9.94. The molecule has 0 atom stereocenters. The third-order valence-corrected chi connectivity index (χ3v) is 7.00. The van der Waals surface area contributed by atoms with Crippen LogP contribution >= 0.6 is 11.6 Å². The van der Waals surface area contributed by atoms with Crippen LogP contribution in [0.2, 0.25) is 5.02 Å². The highest BCUT2D eigenvalue weighted by Gasteiger charge is 2.31. The van der Waals surface area contributed by atoms with Gasteiger partial charge in [0.05, 0.1) is 6.54 Å². The van der Waals surface area contributed by atoms with Crippen LogP contribution < -0.4 is 16.1 Å². The first-order chi connectivity index (χ1) is 15.0. The van der Waals surface area contributed by atoms with E-state index in [2.05, 4.69) is 4.90 Å². The summed E-state index contributed by atoms with van der Waals surface area (Å²) >= 11 is 6.15. The van der Waals surface area contributed by atoms with Crippen LogP contribution in [0.25, 0.3) is 11.2 Å². The van der Waals surface area contributed by atoms with Gasteiger partial charge in [-0.25, -0.2) is 9.18 Å². The molecule has 7 nitrogen and oxygen atoms in total. The van der Waals surface area contributed by atoms with Crippen molar-refractivity contribution in [2.45, 2.75) is 57.7 Å². The van der Waals surface area contributed by atoms with E-state index in [1.54, 1.807) is 13.1 Å². The molecule has 0 N–H and O–H groups in total. The lowest BCUT2D eigenvalue weighted by Crippen LogP contribution is -2.43. The molecule has 0 saturated heterocycles. The molecule has 2 aliphatic rings. The Labute approximate surface area is 183 Å². The minimum Gasteiger partial charge on any atom is -0.339 e. The van der Waals surface area contributed by atoms with Crippen molar-refractivity contribution >= 4 is 28.7 Å². The van der Waals surface area contributed by atoms with Crippen molar-refractivity contribution in [3.8, 4) is 0 Å². The first kappa shape index (κ1) is 20.3. The van der Waals surface area contributed by atoms with Gasteiger partial charge in [-0.2, -0.15) is 4.98 Å². The molecule has 164 valence electrons. The quantitative estimate of drug-likeness (QED) is 0.620. The Bertz CT molecular complexity index is 1250. The second kappa shape index (κ2) is 7.82. The molecule has 1 saturated carbocycles. The van der Waals surface area contributed by atoms with Crippen LogP contribution in [0, 0.1) is 5.82 Å². The maximum absolute atomic E-state index is 14.4. The highest BCUT2D eigenvalue weighted by Crippen LogP contribution is 2.31. The largest absolute Gasteiger partial charge is 0.339 e. The number of halogens is 2. The second-order valence-corrected chi connectivity index (χ2v) is 8.91. The van der Waals surface area contributed by atoms with Crippen LogP contribution in [0.3, 0.4) is 0 Å². The van der Waals surface area contributed by atoms with Crippen LogP contribution in [0.4, 0.5) is 10.3 Å². The Morgan fingerprint density at radius 1 is 1.13 bits per heavy atom. The monoisotopic (exact) mass is 445 g/mol. The highest BCUT2D eigenvalue weighted by atomic mass is 35.5. The number of rotatable bonds is 3. The second-order valence-electron chi connectivity index (χ2n) is 8.51. The minimum atomic E-state index is -0.541. The third kappa shape index (κ3) is 3.28. The maximum atomic E-state index is 14.4. The predicted molar refractivity (Wildman–Crippen MR) is 119 cm³/mol. The van der Waals surface area contributed by atoms with Gasteiger partial charge in [0.2, 0.25) is 5.95 Å². The van der Waals surface area contributed by atoms with E-state index in [1.807, 2.05) is 4.57 Å². The third-order valence-electron chi connectivity index (χ3n) is 6.64. The highest BCUT2D eigenvalue weighted by molar-refractivity contribution is 6.31. The Morgan fingerprint density at radius 3 is 2.65 bits per heavy atom. The molecule has 1 fully saturated rings. The molecule has 1 aliphatic carbocycles. The van der Waals surface area contributed by atoms with Gasteiger partial charge >= 0.3 is 5.69 Å². The van der Waals surface area contributed by atoms with Gasteiger partial charge in [-0.1, -0.05) is 36.9 Å². The SMILES string of the molecule is Cn1c(=O)n(Cc2c(F)cccc2Cl)c(=O)c2c1nc1n2CCCN1C1CCCCC1. The summed E-state index contributed by atoms with van der Waals surface area (Å²) < 4.78 is 18.7. The number of hydrogen-bond acceptors (Lipinski definition) is 4. The fourth-order valence-corrected chi connectivity index (χ4v) is 5.23. The lowest BCUT2D eigenvalue weighted by molar-refractivity contribution is 0.391. The number of aromatic nitrogens is 4. The van der Waals surface area contributed by atoms with Gasteiger partial charge in [0.1, 0.15) is 5.82 Å². The number of anilines is 1. The van der Waals surface area contributed by atoms with E-state index in [9.17, 15) is 14.0 Å². The Kier molecular flexibility index (Phi) is 5.12. The first-order valence-corrected chi connectivity index (χ1v) is 11.2. The number of imidazole rings is 1. The van der Waals surface area contributed by atoms with E-state index in [0.29, 0.717) is 23.8 Å². The van der Waals surface area contributed by atoms with Crippen molar-refractivity contribution in [2.24, 2.45) is 7.05 Å². The summed E-state index contributed by atoms with van der Waals surface area (Å²) in [6.07, 6.45) is 6.83. The summed E-state index contributed by atoms with van der Waals surface area (Å²) in [5.74, 6) is 0.224. The van der Waals surface area contributed by atoms with Crippen molar-refractivity contribution in [3.63, 3.8) is 0 Å². The predicted octanol–water partition coefficient (Wildman–Crippen LogP) is 3.28. The van der Waals surface area contributed by atoms with Crippen molar-refractivity contribution in [3.05, 3.63) is 55.4 Å². The first-order valence-electron chi connectivity index (χ1n) is 10.9. The molecule has 0 bridgehead atoms. The van der Waals surface area contributed by atoms with E-state index in [4.69, 9.17) is 16.6 Å². The molecule has 0 radical (unpaired) electrons. The molecule has 5 rings (SSSR count). The van der Waals surface area contributed by atoms with Crippen LogP contribution in [-0.4, -0.2) is 31.3 Å². The van der Waals surface area contributed by atoms with Gasteiger partial charge in [-0.05, 0) is 31.4 Å². The van der Waals surface area contributed by atoms with Crippen LogP contribution in [0.1, 0.15) is 44.1 Å². The average Bonchev–Trinajstić information content (AvgIpc) is 3.17. The number of fused-ring (bicyclic) bond motifs is 3. The van der Waals surface area contributed by atoms with Crippen molar-refractivity contribution < 1.29 is 4.39 Å². The van der Waals surface area contributed by atoms with Gasteiger partial charge in [-0.15, -0.1) is 0 Å². The fraction of sp³-hybridized carbons (Fsp3) is 0.500. The van der Waals surface area contributed by atoms with E-state index in [1.165, 1.54) is 36.0 Å². The molecule has 31 heavy (non-hydrogen) atoms. The molecule has 1 aliphatic heterocycles. The summed E-state index contributed by atoms with van der Waals surface area (Å²) in [6, 6.07) is 4.74. The van der Waals surface area contributed by atoms with Gasteiger partial charge in [0.25, 0.3) is 5.56 Å². The van der Waals surface area contributed by atoms with Crippen LogP contribution in [-0.2, 0) is 20.1 Å². The standard InChI is InChI=1S/C22H25ClFN5O2/c1-26-19-18(20(30)29(22(26)31)13-15-16(23)9-5-10-17(15)24)28-12-6-11-27(21(28)25-19)14-7-3-2-4-8-14/h5,9-10,14H,2-4,6-8,11-13H2,1H3. The fourth-order valence-electron chi connectivity index (χ4n) is 5.01. The number of aryl methyl sites for hydroxylation is 2. The van der Waals surface area contributed by atoms with Crippen molar-refractivity contribution in [1.29, 1.82) is 0 Å². The van der Waals surface area contributed by atoms with E-state index in [-0.39, 0.29) is 17.1 Å². The van der Waals surface area contributed by atoms with E-state index < -0.39 is 17.1 Å². The van der Waals surface area contributed by atoms with Gasteiger partial charge in [-0.3, -0.25) is 13.9 Å². The van der Waals surface area contributed by atoms with Crippen molar-refractivity contribution in [2.75, 3.05) is 11.4 Å². The summed E-state index contributed by atoms with van der Waals surface area (Å²) in [5.41, 5.74) is -0.0864. The minimum absolute atomic E-state index is 0.130. The van der Waals surface area contributed by atoms with Gasteiger partial charge in [0.15, 0.2) is 11.2 Å². The molecule has 3 heterocycles. The zero-order valence-corrected chi connectivity index (χ0v) is 18.2. The molecule has 3 aromatic rings. The lowest BCUT2D eigenvalue weighted by Gasteiger charge is -2.37. The summed E-state index contributed by atoms with van der Waals surface area (Å²) in [4.78, 5) is 33.5. The normalized spacial score (nSPS) is 17.3. The Balaban J connectivity index is 1.67. The number of benzene rings is 1. The van der Waals surface area contributed by atoms with Crippen LogP contribution in [0.5, 0.6) is 0 Å². The topological polar surface area (TPSA) is 65.1 Å². The molecular formula is C22H25ClFN5O2. The average molecular weight is 446 g/mol. The summed E-state index contributed by atoms with van der Waals surface area (Å²) in [7, 11) is 1.60. The van der Waals surface area contributed by atoms with E-state index >= 15 is 0 Å². The molecule has 0 amide bonds.